The maximum absolute atomic E-state index is 10.1. The van der Waals surface area contributed by atoms with E-state index in [4.69, 9.17) is 4.74 Å². The minimum absolute atomic E-state index is 0.632. The van der Waals surface area contributed by atoms with Crippen molar-refractivity contribution in [2.24, 2.45) is 0 Å². The van der Waals surface area contributed by atoms with Gasteiger partial charge in [0.2, 0.25) is 6.41 Å². The van der Waals surface area contributed by atoms with E-state index in [1.54, 1.807) is 25.3 Å². The highest BCUT2D eigenvalue weighted by Crippen LogP contribution is 2.26. The summed E-state index contributed by atoms with van der Waals surface area (Å²) in [7, 11) is 1.59. The average Bonchev–Trinajstić information content (AvgIpc) is 2.09. The van der Waals surface area contributed by atoms with Crippen molar-refractivity contribution < 1.29 is 9.53 Å². The lowest BCUT2D eigenvalue weighted by Gasteiger charge is -2.04. The van der Waals surface area contributed by atoms with Gasteiger partial charge in [-0.25, -0.2) is 0 Å². The van der Waals surface area contributed by atoms with E-state index < -0.39 is 0 Å². The number of anilines is 1. The Labute approximate surface area is 78.9 Å². The first-order chi connectivity index (χ1) is 5.77. The van der Waals surface area contributed by atoms with Crippen molar-refractivity contribution in [3.63, 3.8) is 0 Å². The summed E-state index contributed by atoms with van der Waals surface area (Å²) in [6, 6.07) is 5.32. The molecule has 0 saturated heterocycles. The molecular weight excluding hydrogens is 222 g/mol. The number of hydrogen-bond acceptors (Lipinski definition) is 2. The number of methoxy groups -OCH3 is 1. The maximum Gasteiger partial charge on any atom is 0.211 e. The van der Waals surface area contributed by atoms with E-state index >= 15 is 0 Å². The van der Waals surface area contributed by atoms with Gasteiger partial charge in [-0.2, -0.15) is 0 Å². The van der Waals surface area contributed by atoms with Crippen LogP contribution in [0, 0.1) is 0 Å². The summed E-state index contributed by atoms with van der Waals surface area (Å²) in [5.74, 6) is 0.748. The van der Waals surface area contributed by atoms with Gasteiger partial charge in [-0.1, -0.05) is 0 Å². The number of carbonyl (C=O) groups is 1. The summed E-state index contributed by atoms with van der Waals surface area (Å²) in [5.41, 5.74) is 0.728. The molecule has 1 rings (SSSR count). The molecule has 1 N–H and O–H groups in total. The Morgan fingerprint density at radius 3 is 2.83 bits per heavy atom. The Balaban J connectivity index is 2.94. The lowest BCUT2D eigenvalue weighted by Crippen LogP contribution is -1.94. The first-order valence-electron chi connectivity index (χ1n) is 3.31. The number of benzene rings is 1. The Hall–Kier alpha value is -1.03. The standard InChI is InChI=1S/C8H8BrNO2/c1-12-6-2-3-8(10-5-11)7(9)4-6/h2-5H,1H3,(H,10,11). The van der Waals surface area contributed by atoms with Gasteiger partial charge in [-0.3, -0.25) is 4.79 Å². The van der Waals surface area contributed by atoms with Crippen molar-refractivity contribution in [2.45, 2.75) is 0 Å². The second kappa shape index (κ2) is 4.11. The highest BCUT2D eigenvalue weighted by molar-refractivity contribution is 9.10. The molecule has 0 saturated carbocycles. The largest absolute Gasteiger partial charge is 0.497 e. The number of rotatable bonds is 3. The topological polar surface area (TPSA) is 38.3 Å². The molecule has 0 aliphatic carbocycles. The van der Waals surface area contributed by atoms with Gasteiger partial charge in [0.1, 0.15) is 5.75 Å². The fourth-order valence-corrected chi connectivity index (χ4v) is 1.28. The molecule has 0 fully saturated rings. The predicted molar refractivity (Wildman–Crippen MR) is 50.4 cm³/mol. The van der Waals surface area contributed by atoms with E-state index in [2.05, 4.69) is 21.2 Å². The first kappa shape index (κ1) is 9.06. The van der Waals surface area contributed by atoms with Crippen molar-refractivity contribution >= 4 is 28.0 Å². The van der Waals surface area contributed by atoms with E-state index in [1.165, 1.54) is 0 Å². The summed E-state index contributed by atoms with van der Waals surface area (Å²) in [4.78, 5) is 10.1. The summed E-state index contributed by atoms with van der Waals surface area (Å²) in [6.07, 6.45) is 0.632. The fraction of sp³-hybridized carbons (Fsp3) is 0.125. The van der Waals surface area contributed by atoms with E-state index in [0.29, 0.717) is 6.41 Å². The van der Waals surface area contributed by atoms with Gasteiger partial charge >= 0.3 is 0 Å². The molecule has 1 aromatic rings. The first-order valence-corrected chi connectivity index (χ1v) is 4.11. The average molecular weight is 230 g/mol. The number of carbonyl (C=O) groups excluding carboxylic acids is 1. The number of amides is 1. The Kier molecular flexibility index (Phi) is 3.10. The summed E-state index contributed by atoms with van der Waals surface area (Å²) < 4.78 is 5.78. The fourth-order valence-electron chi connectivity index (χ4n) is 0.803. The normalized spacial score (nSPS) is 9.17. The maximum atomic E-state index is 10.1. The molecule has 0 radical (unpaired) electrons. The van der Waals surface area contributed by atoms with Crippen LogP contribution in [0.15, 0.2) is 22.7 Å². The Morgan fingerprint density at radius 2 is 2.33 bits per heavy atom. The summed E-state index contributed by atoms with van der Waals surface area (Å²) >= 11 is 3.29. The molecule has 4 heteroatoms. The molecule has 0 spiro atoms. The molecule has 1 aromatic carbocycles. The van der Waals surface area contributed by atoms with Crippen molar-refractivity contribution in [2.75, 3.05) is 12.4 Å². The second-order valence-corrected chi connectivity index (χ2v) is 2.96. The second-order valence-electron chi connectivity index (χ2n) is 2.11. The molecule has 1 amide bonds. The van der Waals surface area contributed by atoms with E-state index in [-0.39, 0.29) is 0 Å². The molecule has 0 atom stereocenters. The van der Waals surface area contributed by atoms with Crippen LogP contribution in [0.1, 0.15) is 0 Å². The van der Waals surface area contributed by atoms with Crippen LogP contribution in [0.2, 0.25) is 0 Å². The predicted octanol–water partition coefficient (Wildman–Crippen LogP) is 2.03. The third-order valence-electron chi connectivity index (χ3n) is 1.39. The Bertz CT molecular complexity index is 288. The molecule has 64 valence electrons. The van der Waals surface area contributed by atoms with Crippen molar-refractivity contribution in [3.05, 3.63) is 22.7 Å². The van der Waals surface area contributed by atoms with Crippen LogP contribution >= 0.6 is 15.9 Å². The third kappa shape index (κ3) is 1.98. The van der Waals surface area contributed by atoms with Gasteiger partial charge in [-0.15, -0.1) is 0 Å². The number of ether oxygens (including phenoxy) is 1. The highest BCUT2D eigenvalue weighted by Gasteiger charge is 1.99. The number of hydrogen-bond donors (Lipinski definition) is 1. The van der Waals surface area contributed by atoms with Gasteiger partial charge in [0.15, 0.2) is 0 Å². The van der Waals surface area contributed by atoms with Crippen LogP contribution < -0.4 is 10.1 Å². The van der Waals surface area contributed by atoms with Gasteiger partial charge in [0.25, 0.3) is 0 Å². The molecule has 0 unspecified atom stereocenters. The van der Waals surface area contributed by atoms with E-state index in [0.717, 1.165) is 15.9 Å². The molecule has 0 aromatic heterocycles. The van der Waals surface area contributed by atoms with Crippen LogP contribution in [-0.2, 0) is 4.79 Å². The molecular formula is C8H8BrNO2. The van der Waals surface area contributed by atoms with Gasteiger partial charge in [-0.05, 0) is 34.1 Å². The van der Waals surface area contributed by atoms with Crippen molar-refractivity contribution in [3.8, 4) is 5.75 Å². The van der Waals surface area contributed by atoms with Gasteiger partial charge < -0.3 is 10.1 Å². The van der Waals surface area contributed by atoms with Crippen LogP contribution in [0.3, 0.4) is 0 Å². The zero-order valence-electron chi connectivity index (χ0n) is 6.50. The molecule has 0 bridgehead atoms. The summed E-state index contributed by atoms with van der Waals surface area (Å²) in [5, 5.41) is 2.54. The zero-order valence-corrected chi connectivity index (χ0v) is 8.09. The Morgan fingerprint density at radius 1 is 1.58 bits per heavy atom. The summed E-state index contributed by atoms with van der Waals surface area (Å²) in [6.45, 7) is 0. The third-order valence-corrected chi connectivity index (χ3v) is 2.05. The van der Waals surface area contributed by atoms with Crippen LogP contribution in [0.25, 0.3) is 0 Å². The SMILES string of the molecule is COc1ccc(NC=O)c(Br)c1. The quantitative estimate of drug-likeness (QED) is 0.806. The van der Waals surface area contributed by atoms with Crippen LogP contribution in [-0.4, -0.2) is 13.5 Å². The van der Waals surface area contributed by atoms with Gasteiger partial charge in [0, 0.05) is 4.47 Å². The molecule has 12 heavy (non-hydrogen) atoms. The number of halogens is 1. The highest BCUT2D eigenvalue weighted by atomic mass is 79.9. The van der Waals surface area contributed by atoms with Crippen LogP contribution in [0.5, 0.6) is 5.75 Å². The minimum Gasteiger partial charge on any atom is -0.497 e. The van der Waals surface area contributed by atoms with Crippen LogP contribution in [0.4, 0.5) is 5.69 Å². The molecule has 0 aliphatic heterocycles. The monoisotopic (exact) mass is 229 g/mol. The van der Waals surface area contributed by atoms with Crippen molar-refractivity contribution in [1.29, 1.82) is 0 Å². The van der Waals surface area contributed by atoms with Gasteiger partial charge in [0.05, 0.1) is 12.8 Å². The molecule has 3 nitrogen and oxygen atoms in total. The van der Waals surface area contributed by atoms with E-state index in [9.17, 15) is 4.79 Å². The van der Waals surface area contributed by atoms with E-state index in [1.807, 2.05) is 0 Å². The zero-order chi connectivity index (χ0) is 8.97. The number of nitrogens with one attached hydrogen (secondary N) is 1. The molecule has 0 aliphatic rings. The van der Waals surface area contributed by atoms with Crippen molar-refractivity contribution in [1.82, 2.24) is 0 Å². The molecule has 0 heterocycles. The minimum atomic E-state index is 0.632. The lowest BCUT2D eigenvalue weighted by molar-refractivity contribution is -0.105. The smallest absolute Gasteiger partial charge is 0.211 e. The lowest BCUT2D eigenvalue weighted by atomic mass is 10.3.